The summed E-state index contributed by atoms with van der Waals surface area (Å²) < 4.78 is 0.277. The lowest BCUT2D eigenvalue weighted by atomic mass is 10.2. The van der Waals surface area contributed by atoms with E-state index in [1.165, 1.54) is 5.56 Å². The summed E-state index contributed by atoms with van der Waals surface area (Å²) in [5, 5.41) is 3.48. The Kier molecular flexibility index (Phi) is 9.14. The summed E-state index contributed by atoms with van der Waals surface area (Å²) in [7, 11) is 2.18. The molecule has 158 valence electrons. The van der Waals surface area contributed by atoms with Crippen LogP contribution in [-0.2, 0) is 6.54 Å². The second kappa shape index (κ2) is 10.9. The Hall–Kier alpha value is -0.740. The van der Waals surface area contributed by atoms with Crippen molar-refractivity contribution in [2.45, 2.75) is 32.1 Å². The van der Waals surface area contributed by atoms with Gasteiger partial charge in [0.25, 0.3) is 0 Å². The number of anilines is 1. The minimum Gasteiger partial charge on any atom is -0.357 e. The molecule has 0 radical (unpaired) electrons. The molecule has 0 unspecified atom stereocenters. The van der Waals surface area contributed by atoms with Crippen LogP contribution in [0.4, 0.5) is 5.82 Å². The van der Waals surface area contributed by atoms with Crippen LogP contribution in [0.1, 0.15) is 26.3 Å². The summed E-state index contributed by atoms with van der Waals surface area (Å²) in [6, 6.07) is 4.29. The minimum atomic E-state index is 0. The molecule has 0 amide bonds. The molecule has 8 heteroatoms. The van der Waals surface area contributed by atoms with Gasteiger partial charge in [0.05, 0.1) is 6.54 Å². The Morgan fingerprint density at radius 2 is 2.00 bits per heavy atom. The van der Waals surface area contributed by atoms with Crippen molar-refractivity contribution in [3.8, 4) is 0 Å². The maximum absolute atomic E-state index is 4.94. The van der Waals surface area contributed by atoms with E-state index in [0.717, 1.165) is 63.3 Å². The second-order valence-corrected chi connectivity index (χ2v) is 9.81. The average molecular weight is 519 g/mol. The Morgan fingerprint density at radius 3 is 2.68 bits per heavy atom. The topological polar surface area (TPSA) is 47.0 Å². The number of nitrogens with zero attached hydrogens (tertiary/aromatic N) is 5. The zero-order valence-corrected chi connectivity index (χ0v) is 20.8. The van der Waals surface area contributed by atoms with Crippen molar-refractivity contribution in [2.75, 3.05) is 63.5 Å². The van der Waals surface area contributed by atoms with E-state index in [4.69, 9.17) is 4.99 Å². The van der Waals surface area contributed by atoms with Crippen LogP contribution in [0.25, 0.3) is 0 Å². The molecule has 2 saturated heterocycles. The van der Waals surface area contributed by atoms with E-state index in [1.54, 1.807) is 0 Å². The molecule has 0 aromatic carbocycles. The lowest BCUT2D eigenvalue weighted by Gasteiger charge is -2.39. The van der Waals surface area contributed by atoms with Crippen LogP contribution >= 0.6 is 35.7 Å². The molecule has 1 N–H and O–H groups in total. The van der Waals surface area contributed by atoms with Crippen LogP contribution in [-0.4, -0.2) is 84.1 Å². The number of thioether (sulfide) groups is 1. The van der Waals surface area contributed by atoms with Gasteiger partial charge in [0.1, 0.15) is 5.82 Å². The first-order chi connectivity index (χ1) is 13.0. The zero-order chi connectivity index (χ0) is 19.3. The Bertz CT molecular complexity index is 645. The normalized spacial score (nSPS) is 20.6. The molecule has 2 aliphatic heterocycles. The van der Waals surface area contributed by atoms with Gasteiger partial charge in [-0.25, -0.2) is 9.98 Å². The summed E-state index contributed by atoms with van der Waals surface area (Å²) in [4.78, 5) is 16.7. The van der Waals surface area contributed by atoms with Gasteiger partial charge in [0.2, 0.25) is 0 Å². The fraction of sp³-hybridized carbons (Fsp3) is 0.700. The first-order valence-electron chi connectivity index (χ1n) is 10.0. The highest BCUT2D eigenvalue weighted by atomic mass is 127. The molecule has 3 heterocycles. The Morgan fingerprint density at radius 1 is 1.25 bits per heavy atom. The van der Waals surface area contributed by atoms with E-state index in [9.17, 15) is 0 Å². The van der Waals surface area contributed by atoms with Crippen LogP contribution < -0.4 is 10.2 Å². The van der Waals surface area contributed by atoms with Gasteiger partial charge in [-0.2, -0.15) is 11.8 Å². The van der Waals surface area contributed by atoms with Gasteiger partial charge in [0.15, 0.2) is 5.96 Å². The zero-order valence-electron chi connectivity index (χ0n) is 17.6. The average Bonchev–Trinajstić information content (AvgIpc) is 2.65. The summed E-state index contributed by atoms with van der Waals surface area (Å²) in [5.41, 5.74) is 1.22. The van der Waals surface area contributed by atoms with Crippen molar-refractivity contribution in [1.29, 1.82) is 0 Å². The van der Waals surface area contributed by atoms with Gasteiger partial charge in [0, 0.05) is 62.5 Å². The van der Waals surface area contributed by atoms with E-state index in [2.05, 4.69) is 76.7 Å². The van der Waals surface area contributed by atoms with Gasteiger partial charge >= 0.3 is 0 Å². The predicted molar refractivity (Wildman–Crippen MR) is 132 cm³/mol. The fourth-order valence-corrected chi connectivity index (χ4v) is 4.67. The molecule has 6 nitrogen and oxygen atoms in total. The summed E-state index contributed by atoms with van der Waals surface area (Å²) in [6.07, 6.45) is 1.92. The van der Waals surface area contributed by atoms with Crippen LogP contribution in [0.15, 0.2) is 23.3 Å². The number of halogens is 1. The van der Waals surface area contributed by atoms with Gasteiger partial charge in [-0.1, -0.05) is 0 Å². The van der Waals surface area contributed by atoms with Gasteiger partial charge in [-0.05, 0) is 45.5 Å². The highest BCUT2D eigenvalue weighted by molar-refractivity contribution is 14.0. The fourth-order valence-electron chi connectivity index (χ4n) is 3.56. The molecule has 0 atom stereocenters. The molecule has 2 fully saturated rings. The van der Waals surface area contributed by atoms with Crippen molar-refractivity contribution in [1.82, 2.24) is 20.1 Å². The van der Waals surface area contributed by atoms with Crippen LogP contribution in [0.5, 0.6) is 0 Å². The molecule has 1 aromatic rings. The molecule has 3 rings (SSSR count). The summed E-state index contributed by atoms with van der Waals surface area (Å²) in [6.45, 7) is 14.7. The third-order valence-electron chi connectivity index (χ3n) is 5.11. The molecular weight excluding hydrogens is 483 g/mol. The van der Waals surface area contributed by atoms with Gasteiger partial charge in [-0.15, -0.1) is 24.0 Å². The molecule has 0 saturated carbocycles. The number of aliphatic imine (C=N–C) groups is 1. The third-order valence-corrected chi connectivity index (χ3v) is 6.41. The maximum atomic E-state index is 4.94. The number of aromatic nitrogens is 1. The highest BCUT2D eigenvalue weighted by Gasteiger charge is 2.28. The Balaban J connectivity index is 0.00000280. The van der Waals surface area contributed by atoms with Crippen LogP contribution in [0.3, 0.4) is 0 Å². The molecule has 0 aliphatic carbocycles. The minimum absolute atomic E-state index is 0. The maximum Gasteiger partial charge on any atom is 0.194 e. The van der Waals surface area contributed by atoms with Crippen molar-refractivity contribution in [3.63, 3.8) is 0 Å². The van der Waals surface area contributed by atoms with Crippen molar-refractivity contribution in [2.24, 2.45) is 4.99 Å². The van der Waals surface area contributed by atoms with E-state index in [0.29, 0.717) is 6.54 Å². The van der Waals surface area contributed by atoms with E-state index in [1.807, 2.05) is 6.20 Å². The largest absolute Gasteiger partial charge is 0.357 e. The SMILES string of the molecule is CCNC(=NCc1ccnc(N2CCN(C)CC2)c1)N1CCSC(C)(C)C1.I. The van der Waals surface area contributed by atoms with Crippen LogP contribution in [0, 0.1) is 0 Å². The molecule has 28 heavy (non-hydrogen) atoms. The van der Waals surface area contributed by atoms with Gasteiger partial charge < -0.3 is 20.0 Å². The molecule has 1 aromatic heterocycles. The summed E-state index contributed by atoms with van der Waals surface area (Å²) >= 11 is 2.05. The lowest BCUT2D eigenvalue weighted by molar-refractivity contribution is 0.312. The van der Waals surface area contributed by atoms with E-state index >= 15 is 0 Å². The number of likely N-dealkylation sites (N-methyl/N-ethyl adjacent to an activating group) is 1. The van der Waals surface area contributed by atoms with Gasteiger partial charge in [-0.3, -0.25) is 0 Å². The first-order valence-corrected chi connectivity index (χ1v) is 11.0. The van der Waals surface area contributed by atoms with Crippen LogP contribution in [0.2, 0.25) is 0 Å². The molecular formula is C20H35IN6S. The second-order valence-electron chi connectivity index (χ2n) is 8.01. The van der Waals surface area contributed by atoms with E-state index < -0.39 is 0 Å². The number of hydrogen-bond donors (Lipinski definition) is 1. The van der Waals surface area contributed by atoms with Crippen molar-refractivity contribution in [3.05, 3.63) is 23.9 Å². The van der Waals surface area contributed by atoms with Crippen molar-refractivity contribution >= 4 is 47.5 Å². The highest BCUT2D eigenvalue weighted by Crippen LogP contribution is 2.29. The Labute approximate surface area is 191 Å². The third kappa shape index (κ3) is 6.66. The number of pyridine rings is 1. The quantitative estimate of drug-likeness (QED) is 0.376. The van der Waals surface area contributed by atoms with E-state index in [-0.39, 0.29) is 28.7 Å². The molecule has 0 spiro atoms. The smallest absolute Gasteiger partial charge is 0.194 e. The standard InChI is InChI=1S/C20H34N6S.HI/c1-5-21-19(26-12-13-27-20(2,3)16-26)23-15-17-6-7-22-18(14-17)25-10-8-24(4)9-11-25;/h6-7,14H,5,8-13,15-16H2,1-4H3,(H,21,23);1H. The first kappa shape index (κ1) is 23.5. The number of piperazine rings is 1. The lowest BCUT2D eigenvalue weighted by Crippen LogP contribution is -2.50. The number of guanidine groups is 1. The molecule has 2 aliphatic rings. The monoisotopic (exact) mass is 518 g/mol. The predicted octanol–water partition coefficient (Wildman–Crippen LogP) is 2.74. The number of rotatable bonds is 4. The number of hydrogen-bond acceptors (Lipinski definition) is 5. The summed E-state index contributed by atoms with van der Waals surface area (Å²) in [5.74, 6) is 3.26. The number of nitrogens with one attached hydrogen (secondary N) is 1. The molecule has 0 bridgehead atoms. The van der Waals surface area contributed by atoms with Crippen molar-refractivity contribution < 1.29 is 0 Å².